The molecule has 0 unspecified atom stereocenters. The largest absolute Gasteiger partial charge is 0.483 e. The maximum Gasteiger partial charge on any atom is 0.258 e. The van der Waals surface area contributed by atoms with Crippen LogP contribution in [0.15, 0.2) is 60.7 Å². The Labute approximate surface area is 166 Å². The van der Waals surface area contributed by atoms with E-state index in [2.05, 4.69) is 30.4 Å². The Morgan fingerprint density at radius 2 is 1.79 bits per heavy atom. The minimum absolute atomic E-state index is 0.0233. The third-order valence-corrected chi connectivity index (χ3v) is 5.63. The van der Waals surface area contributed by atoms with Gasteiger partial charge in [0.05, 0.1) is 6.04 Å². The first-order chi connectivity index (χ1) is 13.7. The van der Waals surface area contributed by atoms with Gasteiger partial charge in [-0.05, 0) is 60.2 Å². The molecule has 1 N–H and O–H groups in total. The van der Waals surface area contributed by atoms with Gasteiger partial charge < -0.3 is 10.1 Å². The average molecular weight is 373 g/mol. The number of nitrogens with one attached hydrogen (secondary N) is 1. The second kappa shape index (κ2) is 8.47. The summed E-state index contributed by atoms with van der Waals surface area (Å²) in [4.78, 5) is 12.5. The number of rotatable bonds is 6. The molecule has 1 aliphatic carbocycles. The third kappa shape index (κ3) is 4.04. The summed E-state index contributed by atoms with van der Waals surface area (Å²) in [6.07, 6.45) is 5.73. The lowest BCUT2D eigenvalue weighted by atomic mass is 9.89. The molecule has 0 radical (unpaired) electrons. The molecule has 0 fully saturated rings. The van der Waals surface area contributed by atoms with Crippen molar-refractivity contribution in [3.8, 4) is 5.75 Å². The number of fused-ring (bicyclic) bond motifs is 2. The Bertz CT molecular complexity index is 974. The molecule has 0 aromatic heterocycles. The van der Waals surface area contributed by atoms with E-state index in [-0.39, 0.29) is 18.6 Å². The van der Waals surface area contributed by atoms with Gasteiger partial charge in [-0.3, -0.25) is 4.79 Å². The van der Waals surface area contributed by atoms with Gasteiger partial charge in [-0.2, -0.15) is 0 Å². The molecule has 0 bridgehead atoms. The van der Waals surface area contributed by atoms with Crippen LogP contribution in [0, 0.1) is 0 Å². The zero-order valence-corrected chi connectivity index (χ0v) is 16.4. The molecule has 3 aromatic carbocycles. The van der Waals surface area contributed by atoms with E-state index in [9.17, 15) is 4.79 Å². The van der Waals surface area contributed by atoms with Crippen molar-refractivity contribution in [1.82, 2.24) is 5.32 Å². The summed E-state index contributed by atoms with van der Waals surface area (Å²) >= 11 is 0. The van der Waals surface area contributed by atoms with E-state index in [1.54, 1.807) is 0 Å². The number of ether oxygens (including phenoxy) is 1. The number of amides is 1. The standard InChI is InChI=1S/C25H27NO2/c1-2-23(21-15-14-18-8-3-4-10-20(18)16-21)26-25(27)17-28-24-13-7-11-19-9-5-6-12-22(19)24/h5-7,9,11-16,23H,2-4,8,10,17H2,1H3,(H,26,27)/t23-/m0/s1. The zero-order valence-electron chi connectivity index (χ0n) is 16.4. The fraction of sp³-hybridized carbons (Fsp3) is 0.320. The predicted molar refractivity (Wildman–Crippen MR) is 114 cm³/mol. The van der Waals surface area contributed by atoms with Crippen molar-refractivity contribution in [2.24, 2.45) is 0 Å². The van der Waals surface area contributed by atoms with Crippen LogP contribution in [0.4, 0.5) is 0 Å². The van der Waals surface area contributed by atoms with Crippen LogP contribution >= 0.6 is 0 Å². The molecule has 28 heavy (non-hydrogen) atoms. The van der Waals surface area contributed by atoms with Crippen molar-refractivity contribution >= 4 is 16.7 Å². The molecule has 3 nitrogen and oxygen atoms in total. The Kier molecular flexibility index (Phi) is 5.61. The summed E-state index contributed by atoms with van der Waals surface area (Å²) in [5, 5.41) is 5.28. The number of carbonyl (C=O) groups is 1. The Morgan fingerprint density at radius 1 is 1.00 bits per heavy atom. The van der Waals surface area contributed by atoms with E-state index in [1.807, 2.05) is 42.5 Å². The third-order valence-electron chi connectivity index (χ3n) is 5.63. The minimum atomic E-state index is -0.0856. The normalized spacial score (nSPS) is 14.3. The van der Waals surface area contributed by atoms with Gasteiger partial charge in [0.25, 0.3) is 5.91 Å². The van der Waals surface area contributed by atoms with Crippen molar-refractivity contribution in [2.75, 3.05) is 6.61 Å². The number of hydrogen-bond donors (Lipinski definition) is 1. The summed E-state index contributed by atoms with van der Waals surface area (Å²) in [6, 6.07) is 20.7. The Morgan fingerprint density at radius 3 is 2.64 bits per heavy atom. The van der Waals surface area contributed by atoms with Crippen LogP contribution in [0.2, 0.25) is 0 Å². The van der Waals surface area contributed by atoms with Gasteiger partial charge in [0.15, 0.2) is 6.61 Å². The van der Waals surface area contributed by atoms with Crippen LogP contribution in [0.3, 0.4) is 0 Å². The molecular weight excluding hydrogens is 346 g/mol. The first kappa shape index (κ1) is 18.5. The summed E-state index contributed by atoms with van der Waals surface area (Å²) in [6.45, 7) is 2.13. The number of hydrogen-bond acceptors (Lipinski definition) is 2. The van der Waals surface area contributed by atoms with E-state index in [1.165, 1.54) is 36.0 Å². The predicted octanol–water partition coefficient (Wildman–Crippen LogP) is 5.36. The maximum atomic E-state index is 12.5. The van der Waals surface area contributed by atoms with Gasteiger partial charge in [0, 0.05) is 5.39 Å². The van der Waals surface area contributed by atoms with Gasteiger partial charge in [-0.1, -0.05) is 61.5 Å². The summed E-state index contributed by atoms with van der Waals surface area (Å²) < 4.78 is 5.84. The van der Waals surface area contributed by atoms with Crippen LogP contribution in [0.25, 0.3) is 10.8 Å². The molecule has 0 saturated heterocycles. The van der Waals surface area contributed by atoms with Gasteiger partial charge in [-0.15, -0.1) is 0 Å². The van der Waals surface area contributed by atoms with Crippen LogP contribution in [-0.4, -0.2) is 12.5 Å². The molecule has 1 amide bonds. The van der Waals surface area contributed by atoms with E-state index < -0.39 is 0 Å². The fourth-order valence-corrected chi connectivity index (χ4v) is 4.09. The lowest BCUT2D eigenvalue weighted by molar-refractivity contribution is -0.123. The summed E-state index contributed by atoms with van der Waals surface area (Å²) in [5.74, 6) is 0.660. The van der Waals surface area contributed by atoms with Crippen molar-refractivity contribution in [1.29, 1.82) is 0 Å². The van der Waals surface area contributed by atoms with E-state index >= 15 is 0 Å². The highest BCUT2D eigenvalue weighted by Crippen LogP contribution is 2.27. The van der Waals surface area contributed by atoms with E-state index in [0.717, 1.165) is 29.4 Å². The van der Waals surface area contributed by atoms with Gasteiger partial charge in [0.1, 0.15) is 5.75 Å². The van der Waals surface area contributed by atoms with Crippen LogP contribution < -0.4 is 10.1 Å². The number of aryl methyl sites for hydroxylation is 2. The van der Waals surface area contributed by atoms with Crippen LogP contribution in [0.5, 0.6) is 5.75 Å². The monoisotopic (exact) mass is 373 g/mol. The van der Waals surface area contributed by atoms with Crippen LogP contribution in [0.1, 0.15) is 48.9 Å². The highest BCUT2D eigenvalue weighted by atomic mass is 16.5. The van der Waals surface area contributed by atoms with Crippen molar-refractivity contribution < 1.29 is 9.53 Å². The molecule has 1 atom stereocenters. The molecule has 3 aromatic rings. The average Bonchev–Trinajstić information content (AvgIpc) is 2.75. The second-order valence-corrected chi connectivity index (χ2v) is 7.53. The highest BCUT2D eigenvalue weighted by molar-refractivity contribution is 5.88. The molecular formula is C25H27NO2. The van der Waals surface area contributed by atoms with Crippen LogP contribution in [-0.2, 0) is 17.6 Å². The number of carbonyl (C=O) groups excluding carboxylic acids is 1. The quantitative estimate of drug-likeness (QED) is 0.631. The molecule has 0 spiro atoms. The summed E-state index contributed by atoms with van der Waals surface area (Å²) in [5.41, 5.74) is 4.11. The molecule has 4 rings (SSSR count). The summed E-state index contributed by atoms with van der Waals surface area (Å²) in [7, 11) is 0. The smallest absolute Gasteiger partial charge is 0.258 e. The minimum Gasteiger partial charge on any atom is -0.483 e. The SMILES string of the molecule is CC[C@H](NC(=O)COc1cccc2ccccc12)c1ccc2c(c1)CCCC2. The van der Waals surface area contributed by atoms with Crippen molar-refractivity contribution in [2.45, 2.75) is 45.1 Å². The van der Waals surface area contributed by atoms with E-state index in [0.29, 0.717) is 0 Å². The Balaban J connectivity index is 1.42. The van der Waals surface area contributed by atoms with Crippen molar-refractivity contribution in [3.05, 3.63) is 77.4 Å². The number of benzene rings is 3. The van der Waals surface area contributed by atoms with Gasteiger partial charge in [0.2, 0.25) is 0 Å². The Hall–Kier alpha value is -2.81. The molecule has 0 aliphatic heterocycles. The lowest BCUT2D eigenvalue weighted by Crippen LogP contribution is -2.32. The van der Waals surface area contributed by atoms with E-state index in [4.69, 9.17) is 4.74 Å². The molecule has 1 aliphatic rings. The first-order valence-corrected chi connectivity index (χ1v) is 10.3. The topological polar surface area (TPSA) is 38.3 Å². The zero-order chi connectivity index (χ0) is 19.3. The molecule has 144 valence electrons. The second-order valence-electron chi connectivity index (χ2n) is 7.53. The molecule has 0 saturated carbocycles. The maximum absolute atomic E-state index is 12.5. The highest BCUT2D eigenvalue weighted by Gasteiger charge is 2.16. The molecule has 3 heteroatoms. The van der Waals surface area contributed by atoms with Gasteiger partial charge in [-0.25, -0.2) is 0 Å². The van der Waals surface area contributed by atoms with Gasteiger partial charge >= 0.3 is 0 Å². The first-order valence-electron chi connectivity index (χ1n) is 10.3. The lowest BCUT2D eigenvalue weighted by Gasteiger charge is -2.22. The molecule has 0 heterocycles. The fourth-order valence-electron chi connectivity index (χ4n) is 4.09. The van der Waals surface area contributed by atoms with Crippen molar-refractivity contribution in [3.63, 3.8) is 0 Å².